The maximum Gasteiger partial charge on any atom is 0.242 e. The average molecular weight is 290 g/mol. The number of nitrogens with zero attached hydrogens (tertiary/aromatic N) is 2. The molecule has 0 aromatic heterocycles. The lowest BCUT2D eigenvalue weighted by molar-refractivity contribution is -0.132. The van der Waals surface area contributed by atoms with E-state index in [1.165, 1.54) is 11.3 Å². The SMILES string of the molecule is Cc1ccccc1N1CCN(C(=O)CNC(=O)CN)CC1. The molecule has 1 aromatic carbocycles. The van der Waals surface area contributed by atoms with Gasteiger partial charge in [0.15, 0.2) is 0 Å². The summed E-state index contributed by atoms with van der Waals surface area (Å²) in [4.78, 5) is 27.1. The summed E-state index contributed by atoms with van der Waals surface area (Å²) in [7, 11) is 0. The first-order valence-electron chi connectivity index (χ1n) is 7.17. The molecule has 0 spiro atoms. The predicted octanol–water partition coefficient (Wildman–Crippen LogP) is -0.281. The van der Waals surface area contributed by atoms with Crippen LogP contribution in [0.4, 0.5) is 5.69 Å². The van der Waals surface area contributed by atoms with Gasteiger partial charge in [-0.25, -0.2) is 0 Å². The van der Waals surface area contributed by atoms with Crippen LogP contribution in [-0.4, -0.2) is 56.0 Å². The van der Waals surface area contributed by atoms with Crippen molar-refractivity contribution in [3.63, 3.8) is 0 Å². The van der Waals surface area contributed by atoms with Crippen molar-refractivity contribution in [1.29, 1.82) is 0 Å². The lowest BCUT2D eigenvalue weighted by Crippen LogP contribution is -2.51. The standard InChI is InChI=1S/C15H22N4O2/c1-12-4-2-3-5-13(12)18-6-8-19(9-7-18)15(21)11-17-14(20)10-16/h2-5H,6-11,16H2,1H3,(H,17,20). The fraction of sp³-hybridized carbons (Fsp3) is 0.467. The Bertz CT molecular complexity index is 510. The van der Waals surface area contributed by atoms with Crippen LogP contribution in [0.15, 0.2) is 24.3 Å². The zero-order chi connectivity index (χ0) is 15.2. The van der Waals surface area contributed by atoms with E-state index in [1.54, 1.807) is 4.90 Å². The lowest BCUT2D eigenvalue weighted by Gasteiger charge is -2.36. The third-order valence-electron chi connectivity index (χ3n) is 3.71. The van der Waals surface area contributed by atoms with Gasteiger partial charge < -0.3 is 20.9 Å². The molecule has 1 aliphatic heterocycles. The minimum Gasteiger partial charge on any atom is -0.368 e. The van der Waals surface area contributed by atoms with Gasteiger partial charge >= 0.3 is 0 Å². The monoisotopic (exact) mass is 290 g/mol. The zero-order valence-corrected chi connectivity index (χ0v) is 12.3. The summed E-state index contributed by atoms with van der Waals surface area (Å²) in [6.45, 7) is 4.99. The highest BCUT2D eigenvalue weighted by molar-refractivity contribution is 5.85. The fourth-order valence-corrected chi connectivity index (χ4v) is 2.47. The van der Waals surface area contributed by atoms with E-state index >= 15 is 0 Å². The molecule has 6 heteroatoms. The van der Waals surface area contributed by atoms with Gasteiger partial charge in [-0.3, -0.25) is 9.59 Å². The number of carbonyl (C=O) groups excluding carboxylic acids is 2. The Morgan fingerprint density at radius 1 is 1.19 bits per heavy atom. The van der Waals surface area contributed by atoms with Gasteiger partial charge in [-0.2, -0.15) is 0 Å². The van der Waals surface area contributed by atoms with Gasteiger partial charge in [-0.05, 0) is 18.6 Å². The van der Waals surface area contributed by atoms with E-state index in [4.69, 9.17) is 5.73 Å². The van der Waals surface area contributed by atoms with E-state index in [0.717, 1.165) is 13.1 Å². The second-order valence-electron chi connectivity index (χ2n) is 5.14. The number of hydrogen-bond acceptors (Lipinski definition) is 4. The van der Waals surface area contributed by atoms with Gasteiger partial charge in [0.05, 0.1) is 13.1 Å². The van der Waals surface area contributed by atoms with Gasteiger partial charge in [0, 0.05) is 31.9 Å². The number of carbonyl (C=O) groups is 2. The van der Waals surface area contributed by atoms with Crippen LogP contribution in [0.1, 0.15) is 5.56 Å². The maximum absolute atomic E-state index is 12.0. The summed E-state index contributed by atoms with van der Waals surface area (Å²) < 4.78 is 0. The smallest absolute Gasteiger partial charge is 0.242 e. The number of piperazine rings is 1. The lowest BCUT2D eigenvalue weighted by atomic mass is 10.1. The summed E-state index contributed by atoms with van der Waals surface area (Å²) in [6.07, 6.45) is 0. The first-order chi connectivity index (χ1) is 10.1. The van der Waals surface area contributed by atoms with Crippen molar-refractivity contribution in [3.05, 3.63) is 29.8 Å². The van der Waals surface area contributed by atoms with Crippen molar-refractivity contribution in [2.24, 2.45) is 5.73 Å². The molecule has 114 valence electrons. The quantitative estimate of drug-likeness (QED) is 0.799. The van der Waals surface area contributed by atoms with Crippen LogP contribution in [0.5, 0.6) is 0 Å². The summed E-state index contributed by atoms with van der Waals surface area (Å²) in [5.41, 5.74) is 7.66. The minimum absolute atomic E-state index is 0.0282. The van der Waals surface area contributed by atoms with Gasteiger partial charge in [-0.1, -0.05) is 18.2 Å². The molecule has 0 atom stereocenters. The highest BCUT2D eigenvalue weighted by atomic mass is 16.2. The van der Waals surface area contributed by atoms with Crippen molar-refractivity contribution in [1.82, 2.24) is 10.2 Å². The van der Waals surface area contributed by atoms with Crippen molar-refractivity contribution >= 4 is 17.5 Å². The molecule has 3 N–H and O–H groups in total. The van der Waals surface area contributed by atoms with Crippen LogP contribution in [0.3, 0.4) is 0 Å². The van der Waals surface area contributed by atoms with E-state index in [9.17, 15) is 9.59 Å². The zero-order valence-electron chi connectivity index (χ0n) is 12.3. The molecule has 0 radical (unpaired) electrons. The van der Waals surface area contributed by atoms with Crippen molar-refractivity contribution in [2.75, 3.05) is 44.2 Å². The summed E-state index contributed by atoms with van der Waals surface area (Å²) in [6, 6.07) is 8.25. The molecule has 1 aromatic rings. The Kier molecular flexibility index (Phi) is 5.16. The first-order valence-corrected chi connectivity index (χ1v) is 7.17. The van der Waals surface area contributed by atoms with Crippen LogP contribution in [-0.2, 0) is 9.59 Å². The number of anilines is 1. The van der Waals surface area contributed by atoms with Gasteiger partial charge in [0.2, 0.25) is 11.8 Å². The fourth-order valence-electron chi connectivity index (χ4n) is 2.47. The van der Waals surface area contributed by atoms with Crippen molar-refractivity contribution < 1.29 is 9.59 Å². The largest absolute Gasteiger partial charge is 0.368 e. The van der Waals surface area contributed by atoms with E-state index in [2.05, 4.69) is 29.3 Å². The van der Waals surface area contributed by atoms with E-state index in [-0.39, 0.29) is 24.9 Å². The van der Waals surface area contributed by atoms with Gasteiger partial charge in [0.1, 0.15) is 0 Å². The van der Waals surface area contributed by atoms with E-state index in [0.29, 0.717) is 13.1 Å². The third kappa shape index (κ3) is 3.95. The molecule has 0 unspecified atom stereocenters. The summed E-state index contributed by atoms with van der Waals surface area (Å²) in [5.74, 6) is -0.358. The molecule has 21 heavy (non-hydrogen) atoms. The molecule has 6 nitrogen and oxygen atoms in total. The highest BCUT2D eigenvalue weighted by Crippen LogP contribution is 2.20. The molecule has 1 fully saturated rings. The Balaban J connectivity index is 1.84. The molecule has 1 saturated heterocycles. The van der Waals surface area contributed by atoms with Crippen LogP contribution in [0.2, 0.25) is 0 Å². The number of hydrogen-bond donors (Lipinski definition) is 2. The molecular formula is C15H22N4O2. The number of aryl methyl sites for hydroxylation is 1. The second kappa shape index (κ2) is 7.08. The molecular weight excluding hydrogens is 268 g/mol. The maximum atomic E-state index is 12.0. The van der Waals surface area contributed by atoms with Crippen LogP contribution < -0.4 is 16.0 Å². The van der Waals surface area contributed by atoms with Crippen LogP contribution in [0, 0.1) is 6.92 Å². The van der Waals surface area contributed by atoms with Crippen LogP contribution in [0.25, 0.3) is 0 Å². The second-order valence-corrected chi connectivity index (χ2v) is 5.14. The van der Waals surface area contributed by atoms with E-state index < -0.39 is 0 Å². The normalized spacial score (nSPS) is 15.0. The predicted molar refractivity (Wildman–Crippen MR) is 82.0 cm³/mol. The van der Waals surface area contributed by atoms with Crippen LogP contribution >= 0.6 is 0 Å². The summed E-state index contributed by atoms with van der Waals surface area (Å²) in [5, 5.41) is 2.51. The average Bonchev–Trinajstić information content (AvgIpc) is 2.53. The topological polar surface area (TPSA) is 78.7 Å². The number of nitrogens with two attached hydrogens (primary N) is 1. The summed E-state index contributed by atoms with van der Waals surface area (Å²) >= 11 is 0. The van der Waals surface area contributed by atoms with Crippen molar-refractivity contribution in [2.45, 2.75) is 6.92 Å². The molecule has 2 amide bonds. The molecule has 1 aliphatic rings. The Morgan fingerprint density at radius 3 is 2.48 bits per heavy atom. The third-order valence-corrected chi connectivity index (χ3v) is 3.71. The molecule has 0 saturated carbocycles. The first kappa shape index (κ1) is 15.3. The molecule has 2 rings (SSSR count). The number of benzene rings is 1. The number of rotatable bonds is 4. The Morgan fingerprint density at radius 2 is 1.86 bits per heavy atom. The highest BCUT2D eigenvalue weighted by Gasteiger charge is 2.21. The Labute approximate surface area is 124 Å². The Hall–Kier alpha value is -2.08. The van der Waals surface area contributed by atoms with Gasteiger partial charge in [-0.15, -0.1) is 0 Å². The van der Waals surface area contributed by atoms with E-state index in [1.807, 2.05) is 12.1 Å². The molecule has 1 heterocycles. The minimum atomic E-state index is -0.304. The number of para-hydroxylation sites is 1. The number of nitrogens with one attached hydrogen (secondary N) is 1. The van der Waals surface area contributed by atoms with Crippen molar-refractivity contribution in [3.8, 4) is 0 Å². The van der Waals surface area contributed by atoms with Gasteiger partial charge in [0.25, 0.3) is 0 Å². The number of amides is 2. The molecule has 0 aliphatic carbocycles. The molecule has 0 bridgehead atoms.